The molecule has 3 aromatic rings. The van der Waals surface area contributed by atoms with Gasteiger partial charge in [0.2, 0.25) is 0 Å². The van der Waals surface area contributed by atoms with E-state index in [4.69, 9.17) is 9.98 Å². The van der Waals surface area contributed by atoms with Crippen molar-refractivity contribution in [1.29, 1.82) is 0 Å². The number of benzene rings is 3. The minimum atomic E-state index is 0.301. The minimum absolute atomic E-state index is 0.301. The first-order chi connectivity index (χ1) is 18.9. The SMILES string of the molecule is CC(C)Cc1cc(C=Nc2ccccc2N=Cc2cc(CC(C)C)cc(CC(C)C)c2O)c(O)c(CC(C)C)c1. The number of para-hydroxylation sites is 2. The lowest BCUT2D eigenvalue weighted by Gasteiger charge is -2.14. The summed E-state index contributed by atoms with van der Waals surface area (Å²) in [6, 6.07) is 16.1. The average Bonchev–Trinajstić information content (AvgIpc) is 2.85. The van der Waals surface area contributed by atoms with Crippen molar-refractivity contribution < 1.29 is 10.2 Å². The molecule has 0 bridgehead atoms. The van der Waals surface area contributed by atoms with Crippen LogP contribution in [0.1, 0.15) is 88.8 Å². The van der Waals surface area contributed by atoms with E-state index in [9.17, 15) is 10.2 Å². The van der Waals surface area contributed by atoms with Crippen LogP contribution in [-0.2, 0) is 25.7 Å². The van der Waals surface area contributed by atoms with E-state index in [-0.39, 0.29) is 0 Å². The first-order valence-corrected chi connectivity index (χ1v) is 14.8. The Kier molecular flexibility index (Phi) is 11.1. The molecule has 0 atom stereocenters. The number of aliphatic imine (C=N–C) groups is 2. The molecule has 40 heavy (non-hydrogen) atoms. The number of hydrogen-bond acceptors (Lipinski definition) is 4. The van der Waals surface area contributed by atoms with Crippen LogP contribution in [-0.4, -0.2) is 22.6 Å². The zero-order chi connectivity index (χ0) is 29.4. The van der Waals surface area contributed by atoms with Gasteiger partial charge >= 0.3 is 0 Å². The zero-order valence-corrected chi connectivity index (χ0v) is 25.7. The fourth-order valence-electron chi connectivity index (χ4n) is 5.10. The van der Waals surface area contributed by atoms with Gasteiger partial charge in [-0.25, -0.2) is 0 Å². The largest absolute Gasteiger partial charge is 0.507 e. The smallest absolute Gasteiger partial charge is 0.127 e. The summed E-state index contributed by atoms with van der Waals surface area (Å²) in [6.45, 7) is 17.5. The zero-order valence-electron chi connectivity index (χ0n) is 25.7. The van der Waals surface area contributed by atoms with E-state index in [1.54, 1.807) is 12.4 Å². The lowest BCUT2D eigenvalue weighted by Crippen LogP contribution is -2.02. The second kappa shape index (κ2) is 14.3. The summed E-state index contributed by atoms with van der Waals surface area (Å²) >= 11 is 0. The van der Waals surface area contributed by atoms with E-state index in [1.807, 2.05) is 36.4 Å². The van der Waals surface area contributed by atoms with Crippen LogP contribution in [0.4, 0.5) is 11.4 Å². The van der Waals surface area contributed by atoms with Crippen molar-refractivity contribution in [2.75, 3.05) is 0 Å². The monoisotopic (exact) mass is 540 g/mol. The highest BCUT2D eigenvalue weighted by molar-refractivity contribution is 5.90. The fourth-order valence-corrected chi connectivity index (χ4v) is 5.10. The van der Waals surface area contributed by atoms with Gasteiger partial charge in [-0.1, -0.05) is 79.7 Å². The van der Waals surface area contributed by atoms with Gasteiger partial charge in [0.05, 0.1) is 11.4 Å². The summed E-state index contributed by atoms with van der Waals surface area (Å²) in [7, 11) is 0. The summed E-state index contributed by atoms with van der Waals surface area (Å²) in [5.74, 6) is 2.53. The first kappa shape index (κ1) is 31.1. The highest BCUT2D eigenvalue weighted by Gasteiger charge is 2.13. The Hall–Kier alpha value is -3.40. The molecule has 0 aromatic heterocycles. The third-order valence-corrected chi connectivity index (χ3v) is 6.67. The van der Waals surface area contributed by atoms with Crippen molar-refractivity contribution in [2.24, 2.45) is 33.7 Å². The maximum atomic E-state index is 11.1. The summed E-state index contributed by atoms with van der Waals surface area (Å²) in [6.07, 6.45) is 7.03. The van der Waals surface area contributed by atoms with E-state index in [1.165, 1.54) is 11.1 Å². The van der Waals surface area contributed by atoms with Crippen LogP contribution < -0.4 is 0 Å². The molecule has 0 aliphatic rings. The van der Waals surface area contributed by atoms with E-state index in [2.05, 4.69) is 67.5 Å². The van der Waals surface area contributed by atoms with Gasteiger partial charge in [0.25, 0.3) is 0 Å². The van der Waals surface area contributed by atoms with Gasteiger partial charge in [-0.15, -0.1) is 0 Å². The molecule has 0 radical (unpaired) electrons. The maximum Gasteiger partial charge on any atom is 0.127 e. The summed E-state index contributed by atoms with van der Waals surface area (Å²) in [5, 5.41) is 22.1. The van der Waals surface area contributed by atoms with Gasteiger partial charge in [-0.3, -0.25) is 9.98 Å². The molecule has 0 spiro atoms. The Bertz CT molecular complexity index is 1230. The third kappa shape index (κ3) is 9.08. The maximum absolute atomic E-state index is 11.1. The van der Waals surface area contributed by atoms with Crippen molar-refractivity contribution in [3.63, 3.8) is 0 Å². The molecule has 2 N–H and O–H groups in total. The standard InChI is InChI=1S/C36H48N2O2/c1-23(2)13-27-17-29(15-25(5)6)35(39)31(19-27)21-37-33-11-9-10-12-34(33)38-22-32-20-28(14-24(3)4)18-30(36(32)40)16-26(7)8/h9-12,17-26,39-40H,13-16H2,1-8H3. The molecule has 0 aliphatic heterocycles. The lowest BCUT2D eigenvalue weighted by molar-refractivity contribution is 0.460. The number of phenols is 2. The van der Waals surface area contributed by atoms with Crippen LogP contribution in [0.15, 0.2) is 58.5 Å². The molecule has 0 unspecified atom stereocenters. The normalized spacial score (nSPS) is 12.3. The quantitative estimate of drug-likeness (QED) is 0.225. The second-order valence-electron chi connectivity index (χ2n) is 12.8. The Labute approximate surface area is 241 Å². The molecule has 214 valence electrons. The van der Waals surface area contributed by atoms with Gasteiger partial charge in [-0.2, -0.15) is 0 Å². The van der Waals surface area contributed by atoms with Crippen LogP contribution in [0.2, 0.25) is 0 Å². The number of nitrogens with zero attached hydrogens (tertiary/aromatic N) is 2. The van der Waals surface area contributed by atoms with Gasteiger partial charge in [0.1, 0.15) is 11.5 Å². The second-order valence-corrected chi connectivity index (χ2v) is 12.8. The molecule has 3 rings (SSSR count). The number of aromatic hydroxyl groups is 2. The van der Waals surface area contributed by atoms with Gasteiger partial charge in [0, 0.05) is 23.6 Å². The predicted octanol–water partition coefficient (Wildman–Crippen LogP) is 9.39. The van der Waals surface area contributed by atoms with Crippen LogP contribution in [0.5, 0.6) is 11.5 Å². The minimum Gasteiger partial charge on any atom is -0.507 e. The van der Waals surface area contributed by atoms with Crippen LogP contribution in [0.3, 0.4) is 0 Å². The van der Waals surface area contributed by atoms with Gasteiger partial charge in [0.15, 0.2) is 0 Å². The lowest BCUT2D eigenvalue weighted by atomic mass is 9.93. The van der Waals surface area contributed by atoms with Gasteiger partial charge < -0.3 is 10.2 Å². The van der Waals surface area contributed by atoms with Gasteiger partial charge in [-0.05, 0) is 95.9 Å². The molecule has 0 amide bonds. The summed E-state index contributed by atoms with van der Waals surface area (Å²) in [4.78, 5) is 9.53. The molecule has 4 heteroatoms. The van der Waals surface area contributed by atoms with Crippen LogP contribution >= 0.6 is 0 Å². The fraction of sp³-hybridized carbons (Fsp3) is 0.444. The molecule has 4 nitrogen and oxygen atoms in total. The summed E-state index contributed by atoms with van der Waals surface area (Å²) < 4.78 is 0. The molecular weight excluding hydrogens is 492 g/mol. The van der Waals surface area contributed by atoms with Crippen molar-refractivity contribution in [1.82, 2.24) is 0 Å². The van der Waals surface area contributed by atoms with E-state index >= 15 is 0 Å². The number of hydrogen-bond donors (Lipinski definition) is 2. The van der Waals surface area contributed by atoms with E-state index in [0.717, 1.165) is 47.9 Å². The molecular formula is C36H48N2O2. The number of rotatable bonds is 12. The van der Waals surface area contributed by atoms with Crippen molar-refractivity contribution >= 4 is 23.8 Å². The third-order valence-electron chi connectivity index (χ3n) is 6.67. The molecule has 0 aliphatic carbocycles. The Morgan fingerprint density at radius 3 is 1.23 bits per heavy atom. The highest BCUT2D eigenvalue weighted by atomic mass is 16.3. The van der Waals surface area contributed by atoms with Crippen LogP contribution in [0, 0.1) is 23.7 Å². The Morgan fingerprint density at radius 1 is 0.550 bits per heavy atom. The predicted molar refractivity (Wildman–Crippen MR) is 171 cm³/mol. The van der Waals surface area contributed by atoms with Crippen molar-refractivity contribution in [3.8, 4) is 11.5 Å². The molecule has 0 saturated heterocycles. The topological polar surface area (TPSA) is 65.2 Å². The van der Waals surface area contributed by atoms with E-state index < -0.39 is 0 Å². The van der Waals surface area contributed by atoms with Crippen molar-refractivity contribution in [2.45, 2.75) is 81.1 Å². The Morgan fingerprint density at radius 2 is 0.900 bits per heavy atom. The van der Waals surface area contributed by atoms with E-state index in [0.29, 0.717) is 46.5 Å². The van der Waals surface area contributed by atoms with Crippen molar-refractivity contribution in [3.05, 3.63) is 81.9 Å². The first-order valence-electron chi connectivity index (χ1n) is 14.8. The molecule has 3 aromatic carbocycles. The number of phenolic OH excluding ortho intramolecular Hbond substituents is 2. The molecule has 0 fully saturated rings. The summed E-state index contributed by atoms with van der Waals surface area (Å²) in [5.41, 5.74) is 7.23. The highest BCUT2D eigenvalue weighted by Crippen LogP contribution is 2.32. The van der Waals surface area contributed by atoms with Crippen LogP contribution in [0.25, 0.3) is 0 Å². The molecule has 0 saturated carbocycles. The Balaban J connectivity index is 1.98. The molecule has 0 heterocycles. The average molecular weight is 541 g/mol.